The van der Waals surface area contributed by atoms with E-state index in [9.17, 15) is 5.11 Å². The number of rotatable bonds is 6. The zero-order valence-corrected chi connectivity index (χ0v) is 12.4. The zero-order valence-electron chi connectivity index (χ0n) is 10.8. The Bertz CT molecular complexity index is 512. The fraction of sp³-hybridized carbons (Fsp3) is 0.357. The molecule has 0 spiro atoms. The molecule has 0 radical (unpaired) electrons. The predicted molar refractivity (Wildman–Crippen MR) is 79.7 cm³/mol. The van der Waals surface area contributed by atoms with Crippen LogP contribution in [-0.2, 0) is 13.5 Å². The van der Waals surface area contributed by atoms with Gasteiger partial charge in [-0.1, -0.05) is 11.6 Å². The van der Waals surface area contributed by atoms with Crippen molar-refractivity contribution in [2.45, 2.75) is 23.8 Å². The SMILES string of the molecule is Cn1ccnc1CCC(O)CSc1ccc(Cl)cc1. The van der Waals surface area contributed by atoms with Crippen molar-refractivity contribution in [2.24, 2.45) is 7.05 Å². The molecule has 1 aromatic heterocycles. The first-order valence-electron chi connectivity index (χ1n) is 6.18. The second-order valence-corrected chi connectivity index (χ2v) is 5.94. The van der Waals surface area contributed by atoms with Crippen molar-refractivity contribution < 1.29 is 5.11 Å². The number of hydrogen-bond donors (Lipinski definition) is 1. The zero-order chi connectivity index (χ0) is 13.7. The van der Waals surface area contributed by atoms with Crippen LogP contribution in [0, 0.1) is 0 Å². The van der Waals surface area contributed by atoms with E-state index in [2.05, 4.69) is 4.98 Å². The number of aliphatic hydroxyl groups is 1. The molecule has 1 N–H and O–H groups in total. The van der Waals surface area contributed by atoms with Crippen molar-refractivity contribution in [3.8, 4) is 0 Å². The molecule has 1 aromatic carbocycles. The van der Waals surface area contributed by atoms with Crippen LogP contribution in [0.4, 0.5) is 0 Å². The molecule has 0 aliphatic heterocycles. The van der Waals surface area contributed by atoms with Crippen LogP contribution in [0.25, 0.3) is 0 Å². The summed E-state index contributed by atoms with van der Waals surface area (Å²) in [5.41, 5.74) is 0. The molecule has 0 fully saturated rings. The van der Waals surface area contributed by atoms with Crippen molar-refractivity contribution >= 4 is 23.4 Å². The van der Waals surface area contributed by atoms with Crippen molar-refractivity contribution in [3.05, 3.63) is 47.5 Å². The highest BCUT2D eigenvalue weighted by molar-refractivity contribution is 7.99. The largest absolute Gasteiger partial charge is 0.392 e. The van der Waals surface area contributed by atoms with E-state index < -0.39 is 0 Å². The van der Waals surface area contributed by atoms with Crippen LogP contribution in [0.2, 0.25) is 5.02 Å². The average Bonchev–Trinajstić information content (AvgIpc) is 2.81. The van der Waals surface area contributed by atoms with Crippen molar-refractivity contribution in [3.63, 3.8) is 0 Å². The summed E-state index contributed by atoms with van der Waals surface area (Å²) in [6.07, 6.45) is 4.91. The molecule has 2 rings (SSSR count). The Morgan fingerprint density at radius 3 is 2.74 bits per heavy atom. The molecule has 0 amide bonds. The predicted octanol–water partition coefficient (Wildman–Crippen LogP) is 3.16. The third-order valence-electron chi connectivity index (χ3n) is 2.88. The van der Waals surface area contributed by atoms with Gasteiger partial charge in [-0.05, 0) is 30.7 Å². The third-order valence-corrected chi connectivity index (χ3v) is 4.29. The molecule has 1 atom stereocenters. The number of hydrogen-bond acceptors (Lipinski definition) is 3. The normalized spacial score (nSPS) is 12.6. The summed E-state index contributed by atoms with van der Waals surface area (Å²) in [7, 11) is 1.97. The van der Waals surface area contributed by atoms with Gasteiger partial charge in [0.15, 0.2) is 0 Å². The highest BCUT2D eigenvalue weighted by atomic mass is 35.5. The van der Waals surface area contributed by atoms with Gasteiger partial charge in [0.2, 0.25) is 0 Å². The highest BCUT2D eigenvalue weighted by Crippen LogP contribution is 2.21. The number of aryl methyl sites for hydroxylation is 2. The maximum atomic E-state index is 9.97. The Kier molecular flexibility index (Phi) is 5.31. The molecule has 3 nitrogen and oxygen atoms in total. The molecule has 0 bridgehead atoms. The first-order valence-corrected chi connectivity index (χ1v) is 7.54. The van der Waals surface area contributed by atoms with Gasteiger partial charge in [-0.15, -0.1) is 11.8 Å². The van der Waals surface area contributed by atoms with Crippen molar-refractivity contribution in [1.29, 1.82) is 0 Å². The number of imidazole rings is 1. The standard InChI is InChI=1S/C14H17ClN2OS/c1-17-9-8-16-14(17)7-4-12(18)10-19-13-5-2-11(15)3-6-13/h2-3,5-6,8-9,12,18H,4,7,10H2,1H3. The summed E-state index contributed by atoms with van der Waals surface area (Å²) < 4.78 is 1.99. The van der Waals surface area contributed by atoms with E-state index in [4.69, 9.17) is 11.6 Å². The third kappa shape index (κ3) is 4.56. The Labute approximate surface area is 122 Å². The van der Waals surface area contributed by atoms with Crippen molar-refractivity contribution in [2.75, 3.05) is 5.75 Å². The van der Waals surface area contributed by atoms with Gasteiger partial charge in [0.05, 0.1) is 6.10 Å². The minimum Gasteiger partial charge on any atom is -0.392 e. The number of aromatic nitrogens is 2. The number of thioether (sulfide) groups is 1. The number of benzene rings is 1. The van der Waals surface area contributed by atoms with Gasteiger partial charge in [-0.25, -0.2) is 4.98 Å². The lowest BCUT2D eigenvalue weighted by Gasteiger charge is -2.10. The molecule has 102 valence electrons. The molecular formula is C14H17ClN2OS. The van der Waals surface area contributed by atoms with Crippen molar-refractivity contribution in [1.82, 2.24) is 9.55 Å². The van der Waals surface area contributed by atoms with E-state index in [1.165, 1.54) is 0 Å². The lowest BCUT2D eigenvalue weighted by Crippen LogP contribution is -2.12. The number of halogens is 1. The monoisotopic (exact) mass is 296 g/mol. The van der Waals surface area contributed by atoms with E-state index in [-0.39, 0.29) is 6.10 Å². The highest BCUT2D eigenvalue weighted by Gasteiger charge is 2.08. The van der Waals surface area contributed by atoms with E-state index in [1.54, 1.807) is 18.0 Å². The summed E-state index contributed by atoms with van der Waals surface area (Å²) >= 11 is 7.47. The molecule has 0 aliphatic rings. The molecule has 0 aliphatic carbocycles. The molecule has 1 unspecified atom stereocenters. The van der Waals surface area contributed by atoms with E-state index in [0.29, 0.717) is 5.75 Å². The maximum Gasteiger partial charge on any atom is 0.108 e. The Hall–Kier alpha value is -0.970. The van der Waals surface area contributed by atoms with Crippen LogP contribution in [0.15, 0.2) is 41.6 Å². The summed E-state index contributed by atoms with van der Waals surface area (Å²) in [6.45, 7) is 0. The van der Waals surface area contributed by atoms with Gasteiger partial charge in [-0.3, -0.25) is 0 Å². The topological polar surface area (TPSA) is 38.0 Å². The van der Waals surface area contributed by atoms with Crippen LogP contribution < -0.4 is 0 Å². The van der Waals surface area contributed by atoms with Gasteiger partial charge in [-0.2, -0.15) is 0 Å². The first-order chi connectivity index (χ1) is 9.15. The molecule has 0 saturated heterocycles. The van der Waals surface area contributed by atoms with Crippen LogP contribution in [-0.4, -0.2) is 26.5 Å². The van der Waals surface area contributed by atoms with Crippen LogP contribution in [0.3, 0.4) is 0 Å². The Morgan fingerprint density at radius 2 is 2.11 bits per heavy atom. The number of aliphatic hydroxyl groups excluding tert-OH is 1. The molecule has 0 saturated carbocycles. The second kappa shape index (κ2) is 6.98. The van der Waals surface area contributed by atoms with E-state index >= 15 is 0 Å². The minimum absolute atomic E-state index is 0.322. The molecule has 5 heteroatoms. The minimum atomic E-state index is -0.322. The summed E-state index contributed by atoms with van der Waals surface area (Å²) in [5, 5.41) is 10.7. The average molecular weight is 297 g/mol. The lowest BCUT2D eigenvalue weighted by molar-refractivity contribution is 0.188. The quantitative estimate of drug-likeness (QED) is 0.832. The maximum absolute atomic E-state index is 9.97. The summed E-state index contributed by atoms with van der Waals surface area (Å²) in [6, 6.07) is 7.67. The summed E-state index contributed by atoms with van der Waals surface area (Å²) in [5.74, 6) is 1.70. The van der Waals surface area contributed by atoms with Gasteiger partial charge in [0, 0.05) is 41.5 Å². The second-order valence-electron chi connectivity index (χ2n) is 4.41. The summed E-state index contributed by atoms with van der Waals surface area (Å²) in [4.78, 5) is 5.37. The van der Waals surface area contributed by atoms with Gasteiger partial charge < -0.3 is 9.67 Å². The van der Waals surface area contributed by atoms with E-state index in [0.717, 1.165) is 28.6 Å². The fourth-order valence-corrected chi connectivity index (χ4v) is 2.75. The van der Waals surface area contributed by atoms with Crippen LogP contribution in [0.5, 0.6) is 0 Å². The van der Waals surface area contributed by atoms with Crippen LogP contribution >= 0.6 is 23.4 Å². The van der Waals surface area contributed by atoms with Crippen LogP contribution in [0.1, 0.15) is 12.2 Å². The fourth-order valence-electron chi connectivity index (χ4n) is 1.74. The number of nitrogens with zero attached hydrogens (tertiary/aromatic N) is 2. The van der Waals surface area contributed by atoms with Gasteiger partial charge in [0.1, 0.15) is 5.82 Å². The van der Waals surface area contributed by atoms with Gasteiger partial charge >= 0.3 is 0 Å². The molecular weight excluding hydrogens is 280 g/mol. The van der Waals surface area contributed by atoms with E-state index in [1.807, 2.05) is 42.1 Å². The molecule has 1 heterocycles. The lowest BCUT2D eigenvalue weighted by atomic mass is 10.2. The first kappa shape index (κ1) is 14.4. The molecule has 2 aromatic rings. The Balaban J connectivity index is 1.74. The smallest absolute Gasteiger partial charge is 0.108 e. The Morgan fingerprint density at radius 1 is 1.37 bits per heavy atom. The molecule has 19 heavy (non-hydrogen) atoms. The van der Waals surface area contributed by atoms with Gasteiger partial charge in [0.25, 0.3) is 0 Å².